The highest BCUT2D eigenvalue weighted by Gasteiger charge is 2.36. The first-order valence-corrected chi connectivity index (χ1v) is 12.8. The molecule has 8 nitrogen and oxygen atoms in total. The summed E-state index contributed by atoms with van der Waals surface area (Å²) < 4.78 is 35.1. The van der Waals surface area contributed by atoms with Crippen LogP contribution in [0.3, 0.4) is 0 Å². The van der Waals surface area contributed by atoms with Crippen LogP contribution in [0.25, 0.3) is 0 Å². The van der Waals surface area contributed by atoms with Crippen molar-refractivity contribution in [3.8, 4) is 5.75 Å². The van der Waals surface area contributed by atoms with Crippen molar-refractivity contribution in [2.75, 3.05) is 18.1 Å². The van der Waals surface area contributed by atoms with Crippen molar-refractivity contribution in [2.24, 2.45) is 5.92 Å². The summed E-state index contributed by atoms with van der Waals surface area (Å²) >= 11 is 5.88. The van der Waals surface area contributed by atoms with Crippen LogP contribution in [0.15, 0.2) is 77.7 Å². The number of amides is 1. The monoisotopic (exact) mass is 527 g/mol. The predicted molar refractivity (Wildman–Crippen MR) is 133 cm³/mol. The molecule has 1 heterocycles. The summed E-state index contributed by atoms with van der Waals surface area (Å²) in [4.78, 5) is 38.8. The van der Waals surface area contributed by atoms with Crippen molar-refractivity contribution in [3.05, 3.63) is 88.9 Å². The van der Waals surface area contributed by atoms with Crippen molar-refractivity contribution < 1.29 is 31.7 Å². The van der Waals surface area contributed by atoms with Gasteiger partial charge in [0.2, 0.25) is 5.91 Å². The number of carbonyl (C=O) groups is 3. The molecule has 4 rings (SSSR count). The molecule has 0 saturated carbocycles. The maximum atomic E-state index is 12.5. The molecule has 36 heavy (non-hydrogen) atoms. The van der Waals surface area contributed by atoms with Gasteiger partial charge in [0.25, 0.3) is 0 Å². The van der Waals surface area contributed by atoms with Crippen LogP contribution >= 0.6 is 11.6 Å². The largest absolute Gasteiger partial charge is 0.457 e. The van der Waals surface area contributed by atoms with E-state index in [2.05, 4.69) is 0 Å². The van der Waals surface area contributed by atoms with E-state index in [0.29, 0.717) is 10.7 Å². The Morgan fingerprint density at radius 2 is 1.61 bits per heavy atom. The number of nitrogens with zero attached hydrogens (tertiary/aromatic N) is 1. The Hall–Kier alpha value is -3.69. The summed E-state index contributed by atoms with van der Waals surface area (Å²) in [6.45, 7) is 1.48. The number of ether oxygens (including phenoxy) is 1. The van der Waals surface area contributed by atoms with E-state index in [4.69, 9.17) is 20.5 Å². The summed E-state index contributed by atoms with van der Waals surface area (Å²) in [5, 5.41) is 0.535. The first kappa shape index (κ1) is 25.4. The Kier molecular flexibility index (Phi) is 7.42. The zero-order valence-electron chi connectivity index (χ0n) is 19.2. The predicted octanol–water partition coefficient (Wildman–Crippen LogP) is 4.20. The van der Waals surface area contributed by atoms with Gasteiger partial charge in [-0.1, -0.05) is 29.3 Å². The molecule has 0 aliphatic carbocycles. The highest BCUT2D eigenvalue weighted by atomic mass is 35.5. The lowest BCUT2D eigenvalue weighted by atomic mass is 10.1. The molecule has 1 aliphatic rings. The molecule has 0 unspecified atom stereocenters. The summed E-state index contributed by atoms with van der Waals surface area (Å²) in [5.74, 6) is -1.99. The van der Waals surface area contributed by atoms with Crippen LogP contribution < -0.4 is 9.08 Å². The lowest BCUT2D eigenvalue weighted by Gasteiger charge is -2.16. The number of carbonyl (C=O) groups excluding carboxylic acids is 3. The Bertz CT molecular complexity index is 1390. The number of rotatable bonds is 8. The van der Waals surface area contributed by atoms with E-state index >= 15 is 0 Å². The number of hydrogen-bond acceptors (Lipinski definition) is 7. The van der Waals surface area contributed by atoms with Crippen molar-refractivity contribution in [1.82, 2.24) is 0 Å². The van der Waals surface area contributed by atoms with Gasteiger partial charge in [0, 0.05) is 29.2 Å². The molecular weight excluding hydrogens is 506 g/mol. The van der Waals surface area contributed by atoms with Gasteiger partial charge in [0.05, 0.1) is 5.92 Å². The average Bonchev–Trinajstić information content (AvgIpc) is 3.25. The normalized spacial score (nSPS) is 15.6. The first-order chi connectivity index (χ1) is 17.1. The first-order valence-electron chi connectivity index (χ1n) is 11.0. The molecule has 1 atom stereocenters. The number of esters is 1. The maximum absolute atomic E-state index is 12.5. The van der Waals surface area contributed by atoms with Gasteiger partial charge in [-0.2, -0.15) is 8.42 Å². The van der Waals surface area contributed by atoms with Gasteiger partial charge in [0.15, 0.2) is 12.4 Å². The van der Waals surface area contributed by atoms with E-state index in [1.165, 1.54) is 41.3 Å². The Labute approximate surface area is 213 Å². The van der Waals surface area contributed by atoms with Crippen molar-refractivity contribution in [1.29, 1.82) is 0 Å². The third-order valence-corrected chi connectivity index (χ3v) is 7.15. The van der Waals surface area contributed by atoms with Gasteiger partial charge in [0.1, 0.15) is 10.6 Å². The summed E-state index contributed by atoms with van der Waals surface area (Å²) in [5.41, 5.74) is 1.76. The van der Waals surface area contributed by atoms with Gasteiger partial charge < -0.3 is 13.8 Å². The van der Waals surface area contributed by atoms with E-state index in [0.717, 1.165) is 5.56 Å². The SMILES string of the molecule is Cc1ccc(S(=O)(=O)Oc2ccc(C(=O)COC(=O)[C@H]3CC(=O)N(c4ccc(Cl)cc4)C3)cc2)cc1. The zero-order chi connectivity index (χ0) is 25.9. The van der Waals surface area contributed by atoms with E-state index < -0.39 is 34.4 Å². The minimum atomic E-state index is -4.02. The lowest BCUT2D eigenvalue weighted by Crippen LogP contribution is -2.27. The van der Waals surface area contributed by atoms with Gasteiger partial charge >= 0.3 is 16.1 Å². The second-order valence-electron chi connectivity index (χ2n) is 8.29. The van der Waals surface area contributed by atoms with Crippen LogP contribution in [0, 0.1) is 12.8 Å². The van der Waals surface area contributed by atoms with Crippen LogP contribution in [-0.2, 0) is 24.4 Å². The summed E-state index contributed by atoms with van der Waals surface area (Å²) in [7, 11) is -4.02. The molecule has 186 valence electrons. The van der Waals surface area contributed by atoms with Crippen molar-refractivity contribution in [2.45, 2.75) is 18.2 Å². The second kappa shape index (κ2) is 10.5. The third kappa shape index (κ3) is 5.92. The van der Waals surface area contributed by atoms with Crippen LogP contribution in [0.5, 0.6) is 5.75 Å². The van der Waals surface area contributed by atoms with E-state index in [-0.39, 0.29) is 35.1 Å². The molecule has 1 amide bonds. The molecule has 0 radical (unpaired) electrons. The fourth-order valence-corrected chi connectivity index (χ4v) is 4.71. The Balaban J connectivity index is 1.31. The number of anilines is 1. The topological polar surface area (TPSA) is 107 Å². The fourth-order valence-electron chi connectivity index (χ4n) is 3.65. The zero-order valence-corrected chi connectivity index (χ0v) is 20.8. The highest BCUT2D eigenvalue weighted by Crippen LogP contribution is 2.27. The minimum absolute atomic E-state index is 0.0141. The molecular formula is C26H22ClNO7S. The fraction of sp³-hybridized carbons (Fsp3) is 0.192. The highest BCUT2D eigenvalue weighted by molar-refractivity contribution is 7.87. The number of Topliss-reactive ketones (excluding diaryl/α,β-unsaturated/α-hetero) is 1. The quantitative estimate of drug-likeness (QED) is 0.245. The van der Waals surface area contributed by atoms with Gasteiger partial charge in [-0.05, 0) is 67.6 Å². The Morgan fingerprint density at radius 3 is 2.25 bits per heavy atom. The molecule has 3 aromatic carbocycles. The van der Waals surface area contributed by atoms with Crippen molar-refractivity contribution >= 4 is 45.1 Å². The summed E-state index contributed by atoms with van der Waals surface area (Å²) in [6, 6.07) is 18.4. The number of ketones is 1. The molecule has 1 saturated heterocycles. The molecule has 0 aromatic heterocycles. The maximum Gasteiger partial charge on any atom is 0.339 e. The van der Waals surface area contributed by atoms with E-state index in [1.54, 1.807) is 36.4 Å². The number of halogens is 1. The number of aryl methyl sites for hydroxylation is 1. The average molecular weight is 528 g/mol. The van der Waals surface area contributed by atoms with Crippen LogP contribution in [0.2, 0.25) is 5.02 Å². The van der Waals surface area contributed by atoms with Crippen LogP contribution in [-0.4, -0.2) is 39.2 Å². The second-order valence-corrected chi connectivity index (χ2v) is 10.3. The molecule has 0 bridgehead atoms. The smallest absolute Gasteiger partial charge is 0.339 e. The minimum Gasteiger partial charge on any atom is -0.457 e. The molecule has 0 N–H and O–H groups in total. The number of hydrogen-bond donors (Lipinski definition) is 0. The van der Waals surface area contributed by atoms with Crippen LogP contribution in [0.4, 0.5) is 5.69 Å². The molecule has 10 heteroatoms. The van der Waals surface area contributed by atoms with Crippen LogP contribution in [0.1, 0.15) is 22.3 Å². The summed E-state index contributed by atoms with van der Waals surface area (Å²) in [6.07, 6.45) is -0.0167. The molecule has 0 spiro atoms. The number of benzene rings is 3. The van der Waals surface area contributed by atoms with Gasteiger partial charge in [-0.3, -0.25) is 14.4 Å². The standard InChI is InChI=1S/C26H22ClNO7S/c1-17-2-12-23(13-3-17)36(32,33)35-22-10-4-18(5-11-22)24(29)16-34-26(31)19-14-25(30)28(15-19)21-8-6-20(27)7-9-21/h2-13,19H,14-16H2,1H3/t19-/m0/s1. The molecule has 3 aromatic rings. The van der Waals surface area contributed by atoms with E-state index in [9.17, 15) is 22.8 Å². The lowest BCUT2D eigenvalue weighted by molar-refractivity contribution is -0.147. The molecule has 1 aliphatic heterocycles. The van der Waals surface area contributed by atoms with Gasteiger partial charge in [-0.25, -0.2) is 0 Å². The van der Waals surface area contributed by atoms with E-state index in [1.807, 2.05) is 6.92 Å². The van der Waals surface area contributed by atoms with Crippen molar-refractivity contribution in [3.63, 3.8) is 0 Å². The molecule has 1 fully saturated rings. The third-order valence-electron chi connectivity index (χ3n) is 5.63. The Morgan fingerprint density at radius 1 is 0.972 bits per heavy atom. The van der Waals surface area contributed by atoms with Gasteiger partial charge in [-0.15, -0.1) is 0 Å².